The lowest BCUT2D eigenvalue weighted by Gasteiger charge is -2.06. The first-order valence-electron chi connectivity index (χ1n) is 9.71. The van der Waals surface area contributed by atoms with Crippen LogP contribution in [0.25, 0.3) is 6.08 Å². The Morgan fingerprint density at radius 2 is 1.83 bits per heavy atom. The molecule has 0 aliphatic heterocycles. The Morgan fingerprint density at radius 3 is 2.53 bits per heavy atom. The predicted octanol–water partition coefficient (Wildman–Crippen LogP) is 5.12. The Balaban J connectivity index is 1.70. The number of methoxy groups -OCH3 is 1. The summed E-state index contributed by atoms with van der Waals surface area (Å²) >= 11 is 6.28. The molecule has 1 aromatic heterocycles. The molecule has 0 aliphatic rings. The molecule has 156 valence electrons. The third-order valence-corrected chi connectivity index (χ3v) is 5.18. The number of hydrogen-bond donors (Lipinski definition) is 0. The van der Waals surface area contributed by atoms with Crippen molar-refractivity contribution in [2.24, 2.45) is 0 Å². The molecule has 2 aromatic carbocycles. The predicted molar refractivity (Wildman–Crippen MR) is 119 cm³/mol. The molecule has 0 bridgehead atoms. The zero-order valence-electron chi connectivity index (χ0n) is 17.4. The van der Waals surface area contributed by atoms with Gasteiger partial charge in [-0.3, -0.25) is 9.48 Å². The number of rotatable bonds is 9. The number of benzene rings is 2. The van der Waals surface area contributed by atoms with Gasteiger partial charge in [0.15, 0.2) is 5.78 Å². The minimum absolute atomic E-state index is 0.0731. The van der Waals surface area contributed by atoms with Crippen LogP contribution in [0.3, 0.4) is 0 Å². The van der Waals surface area contributed by atoms with Crippen LogP contribution >= 0.6 is 11.6 Å². The van der Waals surface area contributed by atoms with Crippen LogP contribution in [0.15, 0.2) is 54.6 Å². The molecule has 0 fully saturated rings. The molecule has 0 unspecified atom stereocenters. The summed E-state index contributed by atoms with van der Waals surface area (Å²) in [6.07, 6.45) is 3.41. The first kappa shape index (κ1) is 21.8. The van der Waals surface area contributed by atoms with Gasteiger partial charge in [0, 0.05) is 29.0 Å². The van der Waals surface area contributed by atoms with E-state index in [1.165, 1.54) is 0 Å². The van der Waals surface area contributed by atoms with Crippen LogP contribution in [0.1, 0.15) is 32.9 Å². The van der Waals surface area contributed by atoms with Crippen molar-refractivity contribution in [2.45, 2.75) is 20.4 Å². The summed E-state index contributed by atoms with van der Waals surface area (Å²) in [6.45, 7) is 5.50. The highest BCUT2D eigenvalue weighted by atomic mass is 35.5. The van der Waals surface area contributed by atoms with Crippen LogP contribution < -0.4 is 4.74 Å². The van der Waals surface area contributed by atoms with Crippen molar-refractivity contribution < 1.29 is 14.3 Å². The Hall–Kier alpha value is -2.89. The van der Waals surface area contributed by atoms with E-state index in [0.717, 1.165) is 22.5 Å². The number of allylic oxidation sites excluding steroid dienone is 1. The van der Waals surface area contributed by atoms with Crippen LogP contribution in [0.5, 0.6) is 5.75 Å². The van der Waals surface area contributed by atoms with Gasteiger partial charge in [0.1, 0.15) is 12.4 Å². The Kier molecular flexibility index (Phi) is 7.44. The number of ether oxygens (including phenoxy) is 2. The van der Waals surface area contributed by atoms with Crippen molar-refractivity contribution in [1.29, 1.82) is 0 Å². The number of aryl methyl sites for hydroxylation is 1. The fourth-order valence-corrected chi connectivity index (χ4v) is 3.30. The van der Waals surface area contributed by atoms with Gasteiger partial charge in [0.05, 0.1) is 18.8 Å². The lowest BCUT2D eigenvalue weighted by Crippen LogP contribution is -2.04. The van der Waals surface area contributed by atoms with Crippen LogP contribution in [0, 0.1) is 13.8 Å². The molecule has 5 nitrogen and oxygen atoms in total. The quantitative estimate of drug-likeness (QED) is 0.271. The van der Waals surface area contributed by atoms with Gasteiger partial charge in [-0.1, -0.05) is 29.8 Å². The molecule has 0 saturated heterocycles. The van der Waals surface area contributed by atoms with Gasteiger partial charge in [-0.05, 0) is 61.9 Å². The molecule has 3 aromatic rings. The first-order valence-corrected chi connectivity index (χ1v) is 10.1. The van der Waals surface area contributed by atoms with E-state index in [1.807, 2.05) is 48.9 Å². The summed E-state index contributed by atoms with van der Waals surface area (Å²) < 4.78 is 12.4. The van der Waals surface area contributed by atoms with Gasteiger partial charge < -0.3 is 9.47 Å². The molecule has 0 spiro atoms. The third kappa shape index (κ3) is 5.38. The van der Waals surface area contributed by atoms with Gasteiger partial charge in [0.2, 0.25) is 0 Å². The van der Waals surface area contributed by atoms with Gasteiger partial charge in [-0.15, -0.1) is 0 Å². The van der Waals surface area contributed by atoms with E-state index in [-0.39, 0.29) is 5.78 Å². The molecule has 0 saturated carbocycles. The molecule has 0 atom stereocenters. The van der Waals surface area contributed by atoms with E-state index < -0.39 is 0 Å². The number of carbonyl (C=O) groups excluding carboxylic acids is 1. The Labute approximate surface area is 181 Å². The fraction of sp³-hybridized carbons (Fsp3) is 0.250. The SMILES string of the molecule is COCCOc1ccc(C(=O)/C=C/c2c(C)nn(Cc3ccccc3Cl)c2C)cc1. The highest BCUT2D eigenvalue weighted by molar-refractivity contribution is 6.31. The van der Waals surface area contributed by atoms with E-state index in [9.17, 15) is 4.79 Å². The minimum atomic E-state index is -0.0731. The van der Waals surface area contributed by atoms with Gasteiger partial charge in [0.25, 0.3) is 0 Å². The maximum absolute atomic E-state index is 12.6. The Morgan fingerprint density at radius 1 is 1.10 bits per heavy atom. The van der Waals surface area contributed by atoms with Crippen LogP contribution in [-0.4, -0.2) is 35.9 Å². The Bertz CT molecular complexity index is 1040. The van der Waals surface area contributed by atoms with Crippen LogP contribution in [0.4, 0.5) is 0 Å². The number of ketones is 1. The van der Waals surface area contributed by atoms with Crippen molar-refractivity contribution in [3.05, 3.63) is 87.7 Å². The summed E-state index contributed by atoms with van der Waals surface area (Å²) in [4.78, 5) is 12.6. The second kappa shape index (κ2) is 10.2. The second-order valence-corrected chi connectivity index (χ2v) is 7.30. The number of halogens is 1. The van der Waals surface area contributed by atoms with Crippen molar-refractivity contribution >= 4 is 23.5 Å². The monoisotopic (exact) mass is 424 g/mol. The topological polar surface area (TPSA) is 53.4 Å². The number of hydrogen-bond acceptors (Lipinski definition) is 4. The smallest absolute Gasteiger partial charge is 0.185 e. The molecule has 30 heavy (non-hydrogen) atoms. The zero-order chi connectivity index (χ0) is 21.5. The second-order valence-electron chi connectivity index (χ2n) is 6.90. The summed E-state index contributed by atoms with van der Waals surface area (Å²) in [5.41, 5.74) is 4.40. The van der Waals surface area contributed by atoms with Gasteiger partial charge in [-0.2, -0.15) is 5.10 Å². The zero-order valence-corrected chi connectivity index (χ0v) is 18.1. The summed E-state index contributed by atoms with van der Waals surface area (Å²) in [7, 11) is 1.63. The van der Waals surface area contributed by atoms with E-state index in [4.69, 9.17) is 21.1 Å². The first-order chi connectivity index (χ1) is 14.5. The summed E-state index contributed by atoms with van der Waals surface area (Å²) in [5, 5.41) is 5.33. The molecule has 0 radical (unpaired) electrons. The maximum atomic E-state index is 12.6. The minimum Gasteiger partial charge on any atom is -0.491 e. The fourth-order valence-electron chi connectivity index (χ4n) is 3.11. The van der Waals surface area contributed by atoms with Crippen LogP contribution in [0.2, 0.25) is 5.02 Å². The summed E-state index contributed by atoms with van der Waals surface area (Å²) in [5.74, 6) is 0.635. The van der Waals surface area contributed by atoms with E-state index >= 15 is 0 Å². The standard InChI is InChI=1S/C24H25ClN2O3/c1-17-22(18(2)27(26-17)16-20-6-4-5-7-23(20)25)12-13-24(28)19-8-10-21(11-9-19)30-15-14-29-3/h4-13H,14-16H2,1-3H3/b13-12+. The third-order valence-electron chi connectivity index (χ3n) is 4.81. The van der Waals surface area contributed by atoms with E-state index in [1.54, 1.807) is 37.5 Å². The molecule has 6 heteroatoms. The highest BCUT2D eigenvalue weighted by Crippen LogP contribution is 2.21. The molecular weight excluding hydrogens is 400 g/mol. The normalized spacial score (nSPS) is 11.2. The lowest BCUT2D eigenvalue weighted by molar-refractivity contribution is 0.104. The number of nitrogens with zero attached hydrogens (tertiary/aromatic N) is 2. The molecular formula is C24H25ClN2O3. The average Bonchev–Trinajstić information content (AvgIpc) is 3.01. The highest BCUT2D eigenvalue weighted by Gasteiger charge is 2.11. The van der Waals surface area contributed by atoms with Crippen molar-refractivity contribution in [2.75, 3.05) is 20.3 Å². The van der Waals surface area contributed by atoms with Crippen molar-refractivity contribution in [3.8, 4) is 5.75 Å². The number of aromatic nitrogens is 2. The van der Waals surface area contributed by atoms with E-state index in [0.29, 0.717) is 36.1 Å². The van der Waals surface area contributed by atoms with Gasteiger partial charge >= 0.3 is 0 Å². The largest absolute Gasteiger partial charge is 0.491 e. The molecule has 0 N–H and O–H groups in total. The molecule has 0 aliphatic carbocycles. The van der Waals surface area contributed by atoms with Crippen molar-refractivity contribution in [1.82, 2.24) is 9.78 Å². The molecule has 1 heterocycles. The number of carbonyl (C=O) groups is 1. The van der Waals surface area contributed by atoms with Crippen LogP contribution in [-0.2, 0) is 11.3 Å². The van der Waals surface area contributed by atoms with E-state index in [2.05, 4.69) is 5.10 Å². The molecule has 3 rings (SSSR count). The summed E-state index contributed by atoms with van der Waals surface area (Å²) in [6, 6.07) is 14.8. The maximum Gasteiger partial charge on any atom is 0.185 e. The van der Waals surface area contributed by atoms with Gasteiger partial charge in [-0.25, -0.2) is 0 Å². The average molecular weight is 425 g/mol. The molecule has 0 amide bonds. The van der Waals surface area contributed by atoms with Crippen molar-refractivity contribution in [3.63, 3.8) is 0 Å². The lowest BCUT2D eigenvalue weighted by atomic mass is 10.1.